The third-order valence-corrected chi connectivity index (χ3v) is 3.85. The lowest BCUT2D eigenvalue weighted by Crippen LogP contribution is -2.15. The monoisotopic (exact) mass is 338 g/mol. The Morgan fingerprint density at radius 3 is 2.68 bits per heavy atom. The lowest BCUT2D eigenvalue weighted by Gasteiger charge is -2.14. The molecular weight excluding hydrogens is 320 g/mol. The van der Waals surface area contributed by atoms with E-state index in [0.717, 1.165) is 11.3 Å². The minimum Gasteiger partial charge on any atom is -0.454 e. The predicted molar refractivity (Wildman–Crippen MR) is 91.6 cm³/mol. The zero-order valence-corrected chi connectivity index (χ0v) is 14.0. The second-order valence-electron chi connectivity index (χ2n) is 5.59. The molecule has 0 aliphatic heterocycles. The molecule has 25 heavy (non-hydrogen) atoms. The van der Waals surface area contributed by atoms with Crippen molar-refractivity contribution in [3.8, 4) is 5.69 Å². The van der Waals surface area contributed by atoms with E-state index in [4.69, 9.17) is 4.74 Å². The van der Waals surface area contributed by atoms with Crippen molar-refractivity contribution in [3.05, 3.63) is 76.2 Å². The van der Waals surface area contributed by atoms with E-state index in [0.29, 0.717) is 12.1 Å². The van der Waals surface area contributed by atoms with Gasteiger partial charge in [-0.25, -0.2) is 14.5 Å². The number of ether oxygens (including phenoxy) is 1. The number of pyridine rings is 1. The van der Waals surface area contributed by atoms with Gasteiger partial charge in [-0.15, -0.1) is 0 Å². The van der Waals surface area contributed by atoms with Crippen molar-refractivity contribution in [2.75, 3.05) is 0 Å². The highest BCUT2D eigenvalue weighted by atomic mass is 16.5. The fourth-order valence-corrected chi connectivity index (χ4v) is 2.45. The summed E-state index contributed by atoms with van der Waals surface area (Å²) in [6.07, 6.45) is 3.26. The number of H-pyrrole nitrogens is 1. The Kier molecular flexibility index (Phi) is 4.74. The lowest BCUT2D eigenvalue weighted by molar-refractivity contribution is 0.0337. The van der Waals surface area contributed by atoms with Crippen LogP contribution in [0.3, 0.4) is 0 Å². The van der Waals surface area contributed by atoms with Crippen LogP contribution in [0.15, 0.2) is 53.8 Å². The summed E-state index contributed by atoms with van der Waals surface area (Å²) >= 11 is 0. The van der Waals surface area contributed by atoms with Crippen LogP contribution in [-0.4, -0.2) is 25.7 Å². The predicted octanol–water partition coefficient (Wildman–Crippen LogP) is 2.44. The minimum atomic E-state index is -0.520. The van der Waals surface area contributed by atoms with Crippen LogP contribution in [0.2, 0.25) is 0 Å². The fraction of sp³-hybridized carbons (Fsp3) is 0.222. The van der Waals surface area contributed by atoms with Gasteiger partial charge in [-0.3, -0.25) is 4.79 Å². The van der Waals surface area contributed by atoms with Gasteiger partial charge in [-0.05, 0) is 37.1 Å². The summed E-state index contributed by atoms with van der Waals surface area (Å²) in [4.78, 5) is 30.5. The van der Waals surface area contributed by atoms with E-state index in [1.165, 1.54) is 12.4 Å². The van der Waals surface area contributed by atoms with Crippen molar-refractivity contribution in [2.24, 2.45) is 0 Å². The van der Waals surface area contributed by atoms with Crippen molar-refractivity contribution >= 4 is 5.97 Å². The molecule has 7 nitrogen and oxygen atoms in total. The molecule has 3 rings (SSSR count). The van der Waals surface area contributed by atoms with Gasteiger partial charge in [0.25, 0.3) is 0 Å². The van der Waals surface area contributed by atoms with Crippen molar-refractivity contribution in [2.45, 2.75) is 26.4 Å². The number of carbonyl (C=O) groups excluding carboxylic acids is 1. The number of aryl methyl sites for hydroxylation is 1. The number of carbonyl (C=O) groups is 1. The number of rotatable bonds is 5. The van der Waals surface area contributed by atoms with Crippen LogP contribution in [0.1, 0.15) is 41.6 Å². The number of nitrogens with zero attached hydrogens (tertiary/aromatic N) is 3. The Bertz CT molecular complexity index is 914. The largest absolute Gasteiger partial charge is 0.454 e. The van der Waals surface area contributed by atoms with Crippen molar-refractivity contribution in [1.82, 2.24) is 19.7 Å². The first kappa shape index (κ1) is 16.6. The Morgan fingerprint density at radius 2 is 2.04 bits per heavy atom. The third-order valence-electron chi connectivity index (χ3n) is 3.85. The van der Waals surface area contributed by atoms with Gasteiger partial charge >= 0.3 is 5.97 Å². The summed E-state index contributed by atoms with van der Waals surface area (Å²) in [6, 6.07) is 10.4. The first-order valence-corrected chi connectivity index (χ1v) is 7.96. The van der Waals surface area contributed by atoms with E-state index in [1.54, 1.807) is 24.0 Å². The second kappa shape index (κ2) is 7.12. The smallest absolute Gasteiger partial charge is 0.338 e. The van der Waals surface area contributed by atoms with E-state index < -0.39 is 12.1 Å². The summed E-state index contributed by atoms with van der Waals surface area (Å²) in [5.74, 6) is -0.520. The lowest BCUT2D eigenvalue weighted by atomic mass is 10.1. The maximum absolute atomic E-state index is 12.3. The normalized spacial score (nSPS) is 11.9. The molecule has 1 atom stereocenters. The van der Waals surface area contributed by atoms with Crippen molar-refractivity contribution in [3.63, 3.8) is 0 Å². The molecule has 2 heterocycles. The summed E-state index contributed by atoms with van der Waals surface area (Å²) in [5.41, 5.74) is 2.35. The van der Waals surface area contributed by atoms with Crippen LogP contribution in [0.25, 0.3) is 5.69 Å². The summed E-state index contributed by atoms with van der Waals surface area (Å²) < 4.78 is 7.12. The Hall–Kier alpha value is -3.22. The number of aromatic amines is 1. The van der Waals surface area contributed by atoms with Crippen molar-refractivity contribution < 1.29 is 9.53 Å². The van der Waals surface area contributed by atoms with Crippen LogP contribution < -0.4 is 5.56 Å². The highest BCUT2D eigenvalue weighted by Crippen LogP contribution is 2.20. The van der Waals surface area contributed by atoms with Gasteiger partial charge in [-0.2, -0.15) is 5.10 Å². The van der Waals surface area contributed by atoms with E-state index in [1.807, 2.05) is 31.2 Å². The zero-order chi connectivity index (χ0) is 17.8. The molecule has 0 aliphatic carbocycles. The summed E-state index contributed by atoms with van der Waals surface area (Å²) in [7, 11) is 0. The molecule has 0 aliphatic rings. The van der Waals surface area contributed by atoms with E-state index in [9.17, 15) is 9.59 Å². The Balaban J connectivity index is 1.73. The minimum absolute atomic E-state index is 0.256. The molecule has 3 aromatic rings. The van der Waals surface area contributed by atoms with Crippen LogP contribution in [0.4, 0.5) is 0 Å². The maximum Gasteiger partial charge on any atom is 0.338 e. The molecular formula is C18H18N4O3. The number of aromatic nitrogens is 4. The summed E-state index contributed by atoms with van der Waals surface area (Å²) in [6.45, 7) is 3.69. The number of esters is 1. The first-order chi connectivity index (χ1) is 12.1. The van der Waals surface area contributed by atoms with Gasteiger partial charge in [0, 0.05) is 11.8 Å². The number of benzene rings is 1. The van der Waals surface area contributed by atoms with Gasteiger partial charge in [-0.1, -0.05) is 19.1 Å². The maximum atomic E-state index is 12.3. The quantitative estimate of drug-likeness (QED) is 0.722. The standard InChI is InChI=1S/C18H18N4O3/c1-3-15-8-14(9-17(23)21-15)18(24)25-12(2)13-4-6-16(7-5-13)22-11-19-10-20-22/h4-12H,3H2,1-2H3,(H,21,23)/t12-/m0/s1. The molecule has 1 N–H and O–H groups in total. The fourth-order valence-electron chi connectivity index (χ4n) is 2.45. The molecule has 0 fully saturated rings. The SMILES string of the molecule is CCc1cc(C(=O)O[C@@H](C)c2ccc(-n3cncn3)cc2)cc(=O)[nH]1. The van der Waals surface area contributed by atoms with Crippen LogP contribution in [-0.2, 0) is 11.2 Å². The third kappa shape index (κ3) is 3.82. The highest BCUT2D eigenvalue weighted by molar-refractivity contribution is 5.89. The number of hydrogen-bond acceptors (Lipinski definition) is 5. The average Bonchev–Trinajstić information content (AvgIpc) is 3.15. The molecule has 0 spiro atoms. The van der Waals surface area contributed by atoms with Crippen LogP contribution in [0, 0.1) is 0 Å². The molecule has 0 bridgehead atoms. The number of nitrogens with one attached hydrogen (secondary N) is 1. The molecule has 128 valence electrons. The molecule has 0 radical (unpaired) electrons. The number of hydrogen-bond donors (Lipinski definition) is 1. The van der Waals surface area contributed by atoms with Gasteiger partial charge < -0.3 is 9.72 Å². The summed E-state index contributed by atoms with van der Waals surface area (Å²) in [5, 5.41) is 4.06. The van der Waals surface area contributed by atoms with Gasteiger partial charge in [0.2, 0.25) is 5.56 Å². The van der Waals surface area contributed by atoms with E-state index >= 15 is 0 Å². The molecule has 2 aromatic heterocycles. The van der Waals surface area contributed by atoms with E-state index in [-0.39, 0.29) is 11.1 Å². The average molecular weight is 338 g/mol. The topological polar surface area (TPSA) is 89.9 Å². The van der Waals surface area contributed by atoms with Crippen LogP contribution in [0.5, 0.6) is 0 Å². The Labute approximate surface area is 144 Å². The van der Waals surface area contributed by atoms with Crippen LogP contribution >= 0.6 is 0 Å². The molecule has 1 aromatic carbocycles. The van der Waals surface area contributed by atoms with E-state index in [2.05, 4.69) is 15.1 Å². The molecule has 7 heteroatoms. The molecule has 0 saturated heterocycles. The highest BCUT2D eigenvalue weighted by Gasteiger charge is 2.15. The molecule has 0 unspecified atom stereocenters. The van der Waals surface area contributed by atoms with Gasteiger partial charge in [0.05, 0.1) is 11.3 Å². The molecule has 0 saturated carbocycles. The first-order valence-electron chi connectivity index (χ1n) is 7.96. The van der Waals surface area contributed by atoms with Gasteiger partial charge in [0.1, 0.15) is 18.8 Å². The van der Waals surface area contributed by atoms with Gasteiger partial charge in [0.15, 0.2) is 0 Å². The second-order valence-corrected chi connectivity index (χ2v) is 5.59. The Morgan fingerprint density at radius 1 is 1.28 bits per heavy atom. The van der Waals surface area contributed by atoms with Crippen molar-refractivity contribution in [1.29, 1.82) is 0 Å². The molecule has 0 amide bonds. The zero-order valence-electron chi connectivity index (χ0n) is 14.0.